The van der Waals surface area contributed by atoms with E-state index in [0.717, 1.165) is 35.3 Å². The van der Waals surface area contributed by atoms with Crippen LogP contribution in [-0.2, 0) is 6.54 Å². The number of anilines is 1. The third kappa shape index (κ3) is 4.56. The van der Waals surface area contributed by atoms with Crippen molar-refractivity contribution in [2.24, 2.45) is 0 Å². The number of nitrogens with zero attached hydrogens (tertiary/aromatic N) is 3. The average molecular weight is 436 g/mol. The molecule has 32 heavy (non-hydrogen) atoms. The van der Waals surface area contributed by atoms with Crippen molar-refractivity contribution < 1.29 is 18.7 Å². The number of carbonyl (C=O) groups excluding carboxylic acids is 1. The third-order valence-corrected chi connectivity index (χ3v) is 5.58. The van der Waals surface area contributed by atoms with Gasteiger partial charge >= 0.3 is 6.03 Å². The van der Waals surface area contributed by atoms with E-state index in [0.29, 0.717) is 23.7 Å². The lowest BCUT2D eigenvalue weighted by Crippen LogP contribution is -2.36. The van der Waals surface area contributed by atoms with Gasteiger partial charge in [0.2, 0.25) is 0 Å². The first kappa shape index (κ1) is 21.7. The van der Waals surface area contributed by atoms with Crippen molar-refractivity contribution in [2.45, 2.75) is 32.4 Å². The summed E-state index contributed by atoms with van der Waals surface area (Å²) < 4.78 is 27.3. The Kier molecular flexibility index (Phi) is 6.07. The van der Waals surface area contributed by atoms with Gasteiger partial charge in [0.15, 0.2) is 0 Å². The topological polar surface area (TPSA) is 68.6 Å². The Morgan fingerprint density at radius 2 is 2.00 bits per heavy atom. The second kappa shape index (κ2) is 8.94. The van der Waals surface area contributed by atoms with E-state index in [1.807, 2.05) is 26.9 Å². The van der Waals surface area contributed by atoms with Crippen LogP contribution in [0.4, 0.5) is 14.9 Å². The highest BCUT2D eigenvalue weighted by molar-refractivity contribution is 6.34. The van der Waals surface area contributed by atoms with Gasteiger partial charge in [-0.3, -0.25) is 0 Å². The van der Waals surface area contributed by atoms with Crippen LogP contribution in [-0.4, -0.2) is 48.6 Å². The molecule has 1 N–H and O–H groups in total. The van der Waals surface area contributed by atoms with E-state index >= 15 is 0 Å². The Labute approximate surface area is 187 Å². The zero-order chi connectivity index (χ0) is 22.8. The van der Waals surface area contributed by atoms with Gasteiger partial charge in [0.1, 0.15) is 25.2 Å². The Morgan fingerprint density at radius 1 is 1.25 bits per heavy atom. The van der Waals surface area contributed by atoms with E-state index in [1.54, 1.807) is 48.3 Å². The number of aromatic nitrogens is 2. The fraction of sp³-hybridized carbons (Fsp3) is 0.304. The van der Waals surface area contributed by atoms with E-state index in [-0.39, 0.29) is 12.1 Å². The molecule has 1 aliphatic rings. The monoisotopic (exact) mass is 436 g/mol. The summed E-state index contributed by atoms with van der Waals surface area (Å²) in [6, 6.07) is 8.31. The molecule has 1 aromatic heterocycles. The molecule has 0 atom stereocenters. The number of methoxy groups -OCH3 is 2. The van der Waals surface area contributed by atoms with Gasteiger partial charge in [0.25, 0.3) is 0 Å². The predicted octanol–water partition coefficient (Wildman–Crippen LogP) is 2.79. The average Bonchev–Trinajstić information content (AvgIpc) is 3.52. The number of carbonyl (C=O) groups is 1. The van der Waals surface area contributed by atoms with Gasteiger partial charge in [0.05, 0.1) is 38.5 Å². The molecule has 0 aliphatic heterocycles. The van der Waals surface area contributed by atoms with Crippen LogP contribution in [0.25, 0.3) is 5.69 Å². The van der Waals surface area contributed by atoms with Crippen LogP contribution in [0.2, 0.25) is 0 Å². The maximum absolute atomic E-state index is 14.7. The molecular weight excluding hydrogens is 410 g/mol. The summed E-state index contributed by atoms with van der Waals surface area (Å²) in [5.41, 5.74) is 3.38. The SMILES string of the molecule is Bc1cc(OC)c(CN(C(=O)Nc2ccc(-n3cnc(C)c3)c(F)c2)C2CC2)cc1OC. The van der Waals surface area contributed by atoms with E-state index in [9.17, 15) is 9.18 Å². The maximum atomic E-state index is 14.7. The number of amides is 2. The summed E-state index contributed by atoms with van der Waals surface area (Å²) in [5, 5.41) is 2.84. The molecule has 1 saturated carbocycles. The Bertz CT molecular complexity index is 1150. The molecule has 3 aromatic rings. The smallest absolute Gasteiger partial charge is 0.322 e. The summed E-state index contributed by atoms with van der Waals surface area (Å²) in [5.74, 6) is 1.00. The highest BCUT2D eigenvalue weighted by Crippen LogP contribution is 2.32. The lowest BCUT2D eigenvalue weighted by atomic mass is 9.93. The second-order valence-corrected chi connectivity index (χ2v) is 8.01. The fourth-order valence-corrected chi connectivity index (χ4v) is 3.72. The minimum atomic E-state index is -0.442. The maximum Gasteiger partial charge on any atom is 0.322 e. The number of hydrogen-bond donors (Lipinski definition) is 1. The van der Waals surface area contributed by atoms with Crippen LogP contribution < -0.4 is 20.3 Å². The Hall–Kier alpha value is -3.49. The summed E-state index contributed by atoms with van der Waals surface area (Å²) in [6.07, 6.45) is 5.18. The summed E-state index contributed by atoms with van der Waals surface area (Å²) in [4.78, 5) is 19.0. The van der Waals surface area contributed by atoms with Gasteiger partial charge in [-0.05, 0) is 55.6 Å². The van der Waals surface area contributed by atoms with Crippen molar-refractivity contribution in [1.82, 2.24) is 14.5 Å². The second-order valence-electron chi connectivity index (χ2n) is 8.01. The zero-order valence-electron chi connectivity index (χ0n) is 18.7. The minimum absolute atomic E-state index is 0.144. The van der Waals surface area contributed by atoms with E-state index in [1.165, 1.54) is 6.07 Å². The molecule has 0 saturated heterocycles. The van der Waals surface area contributed by atoms with E-state index < -0.39 is 5.82 Å². The zero-order valence-corrected chi connectivity index (χ0v) is 18.7. The molecule has 0 spiro atoms. The van der Waals surface area contributed by atoms with Crippen LogP contribution >= 0.6 is 0 Å². The van der Waals surface area contributed by atoms with Crippen molar-refractivity contribution >= 4 is 25.0 Å². The normalized spacial score (nSPS) is 13.0. The molecule has 2 aromatic carbocycles. The summed E-state index contributed by atoms with van der Waals surface area (Å²) >= 11 is 0. The lowest BCUT2D eigenvalue weighted by Gasteiger charge is -2.24. The molecular formula is C23H26BFN4O3. The van der Waals surface area contributed by atoms with Gasteiger partial charge in [-0.2, -0.15) is 0 Å². The van der Waals surface area contributed by atoms with Crippen molar-refractivity contribution in [1.29, 1.82) is 0 Å². The number of nitrogens with one attached hydrogen (secondary N) is 1. The van der Waals surface area contributed by atoms with Crippen molar-refractivity contribution in [3.8, 4) is 17.2 Å². The van der Waals surface area contributed by atoms with Crippen molar-refractivity contribution in [2.75, 3.05) is 19.5 Å². The molecule has 2 amide bonds. The highest BCUT2D eigenvalue weighted by atomic mass is 19.1. The molecule has 0 unspecified atom stereocenters. The lowest BCUT2D eigenvalue weighted by molar-refractivity contribution is 0.205. The number of benzene rings is 2. The minimum Gasteiger partial charge on any atom is -0.497 e. The number of hydrogen-bond acceptors (Lipinski definition) is 4. The molecule has 7 nitrogen and oxygen atoms in total. The summed E-state index contributed by atoms with van der Waals surface area (Å²) in [7, 11) is 5.17. The van der Waals surface area contributed by atoms with Crippen molar-refractivity contribution in [3.63, 3.8) is 0 Å². The van der Waals surface area contributed by atoms with Crippen LogP contribution in [0.3, 0.4) is 0 Å². The quantitative estimate of drug-likeness (QED) is 0.579. The van der Waals surface area contributed by atoms with Gasteiger partial charge in [-0.25, -0.2) is 14.2 Å². The number of halogens is 1. The number of ether oxygens (including phenoxy) is 2. The molecule has 9 heteroatoms. The van der Waals surface area contributed by atoms with Crippen LogP contribution in [0.5, 0.6) is 11.5 Å². The number of rotatable bonds is 7. The highest BCUT2D eigenvalue weighted by Gasteiger charge is 2.33. The number of urea groups is 1. The first-order valence-corrected chi connectivity index (χ1v) is 10.5. The fourth-order valence-electron chi connectivity index (χ4n) is 3.72. The van der Waals surface area contributed by atoms with E-state index in [4.69, 9.17) is 9.47 Å². The van der Waals surface area contributed by atoms with Crippen LogP contribution in [0.15, 0.2) is 42.9 Å². The standard InChI is InChI=1S/C23H26BFN4O3/c1-14-11-28(13-26-14)20-7-4-16(9-19(20)25)27-23(30)29(17-5-6-17)12-15-8-22(32-3)18(24)10-21(15)31-2/h4,7-11,13,17H,5-6,12,24H2,1-3H3,(H,27,30). The molecule has 1 heterocycles. The predicted molar refractivity (Wildman–Crippen MR) is 124 cm³/mol. The number of imidazole rings is 1. The van der Waals surface area contributed by atoms with Gasteiger partial charge in [-0.1, -0.05) is 0 Å². The molecule has 4 rings (SSSR count). The van der Waals surface area contributed by atoms with Gasteiger partial charge < -0.3 is 24.3 Å². The summed E-state index contributed by atoms with van der Waals surface area (Å²) in [6.45, 7) is 2.21. The third-order valence-electron chi connectivity index (χ3n) is 5.58. The Morgan fingerprint density at radius 3 is 2.59 bits per heavy atom. The molecule has 1 aliphatic carbocycles. The molecule has 0 bridgehead atoms. The first-order chi connectivity index (χ1) is 15.4. The molecule has 0 radical (unpaired) electrons. The van der Waals surface area contributed by atoms with Crippen molar-refractivity contribution in [3.05, 3.63) is 59.9 Å². The Balaban J connectivity index is 1.53. The molecule has 1 fully saturated rings. The number of aryl methyl sites for hydroxylation is 1. The van der Waals surface area contributed by atoms with E-state index in [2.05, 4.69) is 10.3 Å². The molecule has 166 valence electrons. The van der Waals surface area contributed by atoms with Crippen LogP contribution in [0.1, 0.15) is 24.1 Å². The van der Waals surface area contributed by atoms with Gasteiger partial charge in [0, 0.05) is 23.5 Å². The first-order valence-electron chi connectivity index (χ1n) is 10.5. The van der Waals surface area contributed by atoms with Gasteiger partial charge in [-0.15, -0.1) is 0 Å². The largest absolute Gasteiger partial charge is 0.497 e. The van der Waals surface area contributed by atoms with Crippen LogP contribution in [0, 0.1) is 12.7 Å².